The van der Waals surface area contributed by atoms with Gasteiger partial charge in [0.1, 0.15) is 5.25 Å². The predicted octanol–water partition coefficient (Wildman–Crippen LogP) is 5.19. The van der Waals surface area contributed by atoms with E-state index in [1.54, 1.807) is 24.3 Å². The van der Waals surface area contributed by atoms with E-state index in [4.69, 9.17) is 0 Å². The summed E-state index contributed by atoms with van der Waals surface area (Å²) >= 11 is 1.32. The molecule has 0 spiro atoms. The van der Waals surface area contributed by atoms with Gasteiger partial charge in [0.2, 0.25) is 5.91 Å². The molecule has 0 bridgehead atoms. The molecule has 1 aliphatic rings. The lowest BCUT2D eigenvalue weighted by atomic mass is 9.97. The molecule has 168 valence electrons. The topological polar surface area (TPSA) is 41.1 Å². The minimum Gasteiger partial charge on any atom is -0.351 e. The molecule has 2 atom stereocenters. The van der Waals surface area contributed by atoms with Gasteiger partial charge in [-0.1, -0.05) is 36.4 Å². The SMILES string of the molecule is O=C1N[C@H](CNCC(F)(F)F)CCS[C@@H]1c1cccc(-c2ccccc2C(F)(F)F)c1. The van der Waals surface area contributed by atoms with Crippen molar-refractivity contribution in [2.24, 2.45) is 0 Å². The molecule has 0 saturated carbocycles. The highest BCUT2D eigenvalue weighted by atomic mass is 32.2. The number of hydrogen-bond donors (Lipinski definition) is 2. The number of halogens is 6. The van der Waals surface area contributed by atoms with Crippen LogP contribution < -0.4 is 10.6 Å². The van der Waals surface area contributed by atoms with E-state index in [0.29, 0.717) is 23.3 Å². The standard InChI is InChI=1S/C21H20F6N2OS/c22-20(23,24)12-28-11-15-8-9-31-18(19(30)29-15)14-5-3-4-13(10-14)16-6-1-2-7-17(16)21(25,26)27/h1-7,10,15,18,28H,8-9,11-12H2,(H,29,30)/t15-,18+/m0/s1. The molecule has 0 unspecified atom stereocenters. The maximum Gasteiger partial charge on any atom is 0.417 e. The van der Waals surface area contributed by atoms with E-state index in [-0.39, 0.29) is 18.0 Å². The van der Waals surface area contributed by atoms with Crippen molar-refractivity contribution in [3.8, 4) is 11.1 Å². The van der Waals surface area contributed by atoms with Crippen molar-refractivity contribution in [2.45, 2.75) is 30.1 Å². The first kappa shape index (κ1) is 23.5. The molecule has 2 N–H and O–H groups in total. The molecule has 3 rings (SSSR count). The van der Waals surface area contributed by atoms with Crippen molar-refractivity contribution in [1.29, 1.82) is 0 Å². The van der Waals surface area contributed by atoms with E-state index in [9.17, 15) is 31.1 Å². The maximum atomic E-state index is 13.4. The number of carbonyl (C=O) groups is 1. The second kappa shape index (κ2) is 9.52. The van der Waals surface area contributed by atoms with E-state index in [2.05, 4.69) is 10.6 Å². The van der Waals surface area contributed by atoms with Gasteiger partial charge in [-0.05, 0) is 41.0 Å². The fourth-order valence-corrected chi connectivity index (χ4v) is 4.61. The van der Waals surface area contributed by atoms with Gasteiger partial charge in [0.15, 0.2) is 0 Å². The summed E-state index contributed by atoms with van der Waals surface area (Å²) in [6.07, 6.45) is -8.37. The van der Waals surface area contributed by atoms with Crippen LogP contribution in [0.5, 0.6) is 0 Å². The van der Waals surface area contributed by atoms with Gasteiger partial charge >= 0.3 is 12.4 Å². The Morgan fingerprint density at radius 1 is 1.03 bits per heavy atom. The highest BCUT2D eigenvalue weighted by Crippen LogP contribution is 2.39. The van der Waals surface area contributed by atoms with Crippen molar-refractivity contribution in [1.82, 2.24) is 10.6 Å². The number of thioether (sulfide) groups is 1. The quantitative estimate of drug-likeness (QED) is 0.602. The molecule has 0 aromatic heterocycles. The monoisotopic (exact) mass is 462 g/mol. The van der Waals surface area contributed by atoms with Crippen LogP contribution in [-0.4, -0.2) is 37.0 Å². The van der Waals surface area contributed by atoms with E-state index < -0.39 is 35.8 Å². The summed E-state index contributed by atoms with van der Waals surface area (Å²) in [6, 6.07) is 11.1. The minimum atomic E-state index is -4.52. The first-order chi connectivity index (χ1) is 14.5. The molecule has 1 heterocycles. The van der Waals surface area contributed by atoms with Crippen LogP contribution in [0.15, 0.2) is 48.5 Å². The van der Waals surface area contributed by atoms with E-state index in [0.717, 1.165) is 6.07 Å². The summed E-state index contributed by atoms with van der Waals surface area (Å²) in [4.78, 5) is 12.7. The van der Waals surface area contributed by atoms with Crippen molar-refractivity contribution in [2.75, 3.05) is 18.8 Å². The molecule has 1 amide bonds. The zero-order valence-electron chi connectivity index (χ0n) is 16.2. The third-order valence-corrected chi connectivity index (χ3v) is 6.08. The smallest absolute Gasteiger partial charge is 0.351 e. The Labute approximate surface area is 179 Å². The molecule has 0 aliphatic carbocycles. The fraction of sp³-hybridized carbons (Fsp3) is 0.381. The lowest BCUT2D eigenvalue weighted by Crippen LogP contribution is -2.44. The van der Waals surface area contributed by atoms with E-state index in [1.807, 2.05) is 0 Å². The van der Waals surface area contributed by atoms with Gasteiger partial charge in [-0.2, -0.15) is 26.3 Å². The molecule has 1 saturated heterocycles. The number of carbonyl (C=O) groups excluding carboxylic acids is 1. The third-order valence-electron chi connectivity index (χ3n) is 4.78. The first-order valence-corrected chi connectivity index (χ1v) is 10.6. The van der Waals surface area contributed by atoms with Gasteiger partial charge in [0, 0.05) is 12.6 Å². The highest BCUT2D eigenvalue weighted by Gasteiger charge is 2.34. The summed E-state index contributed by atoms with van der Waals surface area (Å²) in [5.74, 6) is 0.146. The number of benzene rings is 2. The van der Waals surface area contributed by atoms with Crippen LogP contribution in [0, 0.1) is 0 Å². The summed E-state index contributed by atoms with van der Waals surface area (Å²) in [5, 5.41) is 4.37. The second-order valence-corrected chi connectivity index (χ2v) is 8.37. The number of alkyl halides is 6. The average Bonchev–Trinajstić information content (AvgIpc) is 2.87. The second-order valence-electron chi connectivity index (χ2n) is 7.16. The zero-order valence-corrected chi connectivity index (χ0v) is 17.0. The van der Waals surface area contributed by atoms with Gasteiger partial charge in [-0.25, -0.2) is 0 Å². The Bertz CT molecular complexity index is 915. The Morgan fingerprint density at radius 3 is 2.48 bits per heavy atom. The van der Waals surface area contributed by atoms with Crippen LogP contribution in [0.3, 0.4) is 0 Å². The number of hydrogen-bond acceptors (Lipinski definition) is 3. The van der Waals surface area contributed by atoms with Crippen molar-refractivity contribution in [3.05, 3.63) is 59.7 Å². The number of amides is 1. The number of nitrogens with one attached hydrogen (secondary N) is 2. The Hall–Kier alpha value is -2.20. The summed E-state index contributed by atoms with van der Waals surface area (Å²) in [5.41, 5.74) is 0.137. The molecular weight excluding hydrogens is 442 g/mol. The van der Waals surface area contributed by atoms with Crippen LogP contribution in [0.1, 0.15) is 22.8 Å². The summed E-state index contributed by atoms with van der Waals surface area (Å²) < 4.78 is 77.1. The highest BCUT2D eigenvalue weighted by molar-refractivity contribution is 8.00. The van der Waals surface area contributed by atoms with Gasteiger partial charge in [-0.15, -0.1) is 11.8 Å². The maximum absolute atomic E-state index is 13.4. The normalized spacial score (nSPS) is 20.3. The lowest BCUT2D eigenvalue weighted by molar-refractivity contribution is -0.137. The van der Waals surface area contributed by atoms with Gasteiger partial charge in [0.05, 0.1) is 12.1 Å². The minimum absolute atomic E-state index is 0.0163. The molecular formula is C21H20F6N2OS. The van der Waals surface area contributed by atoms with Gasteiger partial charge in [-0.3, -0.25) is 4.79 Å². The van der Waals surface area contributed by atoms with Crippen LogP contribution in [0.2, 0.25) is 0 Å². The first-order valence-electron chi connectivity index (χ1n) is 9.50. The largest absolute Gasteiger partial charge is 0.417 e. The Morgan fingerprint density at radius 2 is 1.77 bits per heavy atom. The molecule has 10 heteroatoms. The van der Waals surface area contributed by atoms with Crippen LogP contribution in [-0.2, 0) is 11.0 Å². The van der Waals surface area contributed by atoms with Gasteiger partial charge < -0.3 is 10.6 Å². The van der Waals surface area contributed by atoms with E-state index >= 15 is 0 Å². The summed E-state index contributed by atoms with van der Waals surface area (Å²) in [7, 11) is 0. The molecule has 0 radical (unpaired) electrons. The average molecular weight is 462 g/mol. The molecule has 31 heavy (non-hydrogen) atoms. The van der Waals surface area contributed by atoms with Gasteiger partial charge in [0.25, 0.3) is 0 Å². The fourth-order valence-electron chi connectivity index (χ4n) is 3.39. The lowest BCUT2D eigenvalue weighted by Gasteiger charge is -2.19. The summed E-state index contributed by atoms with van der Waals surface area (Å²) in [6.45, 7) is -1.16. The van der Waals surface area contributed by atoms with Crippen molar-refractivity contribution < 1.29 is 31.1 Å². The Kier molecular flexibility index (Phi) is 7.20. The number of rotatable bonds is 5. The molecule has 2 aromatic carbocycles. The molecule has 2 aromatic rings. The van der Waals surface area contributed by atoms with E-state index in [1.165, 1.54) is 30.0 Å². The van der Waals surface area contributed by atoms with Crippen LogP contribution in [0.25, 0.3) is 11.1 Å². The van der Waals surface area contributed by atoms with Crippen LogP contribution in [0.4, 0.5) is 26.3 Å². The molecule has 3 nitrogen and oxygen atoms in total. The Balaban J connectivity index is 1.77. The zero-order chi connectivity index (χ0) is 22.6. The van der Waals surface area contributed by atoms with Crippen LogP contribution >= 0.6 is 11.8 Å². The van der Waals surface area contributed by atoms with Crippen molar-refractivity contribution in [3.63, 3.8) is 0 Å². The molecule has 1 aliphatic heterocycles. The third kappa shape index (κ3) is 6.39. The predicted molar refractivity (Wildman–Crippen MR) is 108 cm³/mol. The van der Waals surface area contributed by atoms with Crippen molar-refractivity contribution >= 4 is 17.7 Å². The molecule has 1 fully saturated rings.